The molecule has 0 aliphatic heterocycles. The molecule has 2 N–H and O–H groups in total. The third kappa shape index (κ3) is 1.99. The number of imidazole rings is 1. The van der Waals surface area contributed by atoms with E-state index >= 15 is 0 Å². The van der Waals surface area contributed by atoms with Gasteiger partial charge in [-0.25, -0.2) is 9.59 Å². The van der Waals surface area contributed by atoms with Crippen molar-refractivity contribution < 1.29 is 0 Å². The molecule has 104 valence electrons. The van der Waals surface area contributed by atoms with Gasteiger partial charge < -0.3 is 0 Å². The molecule has 1 unspecified atom stereocenters. The molecule has 0 bridgehead atoms. The van der Waals surface area contributed by atoms with Gasteiger partial charge in [0.25, 0.3) is 0 Å². The van der Waals surface area contributed by atoms with Crippen molar-refractivity contribution in [3.8, 4) is 0 Å². The van der Waals surface area contributed by atoms with Crippen LogP contribution in [-0.2, 0) is 0 Å². The summed E-state index contributed by atoms with van der Waals surface area (Å²) in [6, 6.07) is -0.407. The maximum atomic E-state index is 12.2. The van der Waals surface area contributed by atoms with Crippen LogP contribution in [0, 0.1) is 6.57 Å². The second-order valence-electron chi connectivity index (χ2n) is 4.66. The van der Waals surface area contributed by atoms with Gasteiger partial charge >= 0.3 is 16.9 Å². The molecule has 0 amide bonds. The van der Waals surface area contributed by atoms with E-state index in [9.17, 15) is 14.4 Å². The van der Waals surface area contributed by atoms with Crippen LogP contribution in [0.25, 0.3) is 16.1 Å². The molecule has 0 aromatic carbocycles. The summed E-state index contributed by atoms with van der Waals surface area (Å²) in [6.45, 7) is 12.4. The minimum absolute atomic E-state index is 0.0837. The SMILES string of the molecule is [C-]#[N+]n1c(=O)c2[nH]c(=O)[nH]c2n(C(C)C=C(C)C)c1=O. The van der Waals surface area contributed by atoms with E-state index in [-0.39, 0.29) is 11.2 Å². The first-order valence-corrected chi connectivity index (χ1v) is 5.89. The van der Waals surface area contributed by atoms with Crippen LogP contribution in [0.3, 0.4) is 0 Å². The Morgan fingerprint density at radius 3 is 2.50 bits per heavy atom. The molecule has 0 aliphatic rings. The van der Waals surface area contributed by atoms with E-state index in [0.717, 1.165) is 5.57 Å². The normalized spacial score (nSPS) is 12.1. The van der Waals surface area contributed by atoms with E-state index in [4.69, 9.17) is 6.57 Å². The average Bonchev–Trinajstić information content (AvgIpc) is 2.70. The van der Waals surface area contributed by atoms with Gasteiger partial charge in [-0.2, -0.15) is 6.57 Å². The van der Waals surface area contributed by atoms with Crippen LogP contribution in [0.5, 0.6) is 0 Å². The molecular formula is C12H13N5O3. The number of H-pyrrole nitrogens is 2. The van der Waals surface area contributed by atoms with Crippen molar-refractivity contribution in [2.24, 2.45) is 0 Å². The van der Waals surface area contributed by atoms with Crippen LogP contribution in [0.4, 0.5) is 0 Å². The van der Waals surface area contributed by atoms with Gasteiger partial charge in [-0.1, -0.05) is 11.6 Å². The molecule has 0 saturated carbocycles. The van der Waals surface area contributed by atoms with E-state index in [0.29, 0.717) is 4.68 Å². The predicted molar refractivity (Wildman–Crippen MR) is 73.6 cm³/mol. The summed E-state index contributed by atoms with van der Waals surface area (Å²) in [6.07, 6.45) is 1.80. The fourth-order valence-corrected chi connectivity index (χ4v) is 2.12. The number of hydrogen-bond donors (Lipinski definition) is 2. The summed E-state index contributed by atoms with van der Waals surface area (Å²) < 4.78 is 1.61. The summed E-state index contributed by atoms with van der Waals surface area (Å²) >= 11 is 0. The fraction of sp³-hybridized carbons (Fsp3) is 0.333. The Kier molecular flexibility index (Phi) is 3.19. The molecule has 2 rings (SSSR count). The molecule has 0 aliphatic carbocycles. The molecule has 2 aromatic heterocycles. The Hall–Kier alpha value is -2.82. The zero-order chi connectivity index (χ0) is 15.0. The lowest BCUT2D eigenvalue weighted by atomic mass is 10.2. The van der Waals surface area contributed by atoms with E-state index in [2.05, 4.69) is 14.9 Å². The molecular weight excluding hydrogens is 262 g/mol. The molecule has 0 radical (unpaired) electrons. The van der Waals surface area contributed by atoms with Gasteiger partial charge in [-0.05, 0) is 20.8 Å². The van der Waals surface area contributed by atoms with Gasteiger partial charge in [0, 0.05) is 0 Å². The van der Waals surface area contributed by atoms with Crippen molar-refractivity contribution in [1.29, 1.82) is 0 Å². The Balaban J connectivity index is 3.01. The standard InChI is InChI=1S/C12H13N5O3/c1-6(2)5-7(3)16-9-8(14-11(19)15-9)10(18)17(13-4)12(16)20/h5,7H,1-3H3,(H2,14,15,19). The van der Waals surface area contributed by atoms with Gasteiger partial charge in [0.2, 0.25) is 0 Å². The van der Waals surface area contributed by atoms with Crippen LogP contribution in [0.15, 0.2) is 26.0 Å². The summed E-state index contributed by atoms with van der Waals surface area (Å²) in [7, 11) is 0. The second kappa shape index (κ2) is 4.70. The van der Waals surface area contributed by atoms with Crippen molar-refractivity contribution in [3.05, 3.63) is 54.5 Å². The minimum atomic E-state index is -0.834. The number of fused-ring (bicyclic) bond motifs is 1. The third-order valence-electron chi connectivity index (χ3n) is 2.82. The van der Waals surface area contributed by atoms with Crippen molar-refractivity contribution in [1.82, 2.24) is 19.2 Å². The van der Waals surface area contributed by atoms with Crippen LogP contribution < -0.4 is 16.9 Å². The molecule has 8 nitrogen and oxygen atoms in total. The minimum Gasteiger partial charge on any atom is -0.300 e. The number of nitrogens with zero attached hydrogens (tertiary/aromatic N) is 3. The summed E-state index contributed by atoms with van der Waals surface area (Å²) in [5, 5.41) is 0. The van der Waals surface area contributed by atoms with Gasteiger partial charge in [-0.3, -0.25) is 19.3 Å². The molecule has 0 saturated heterocycles. The van der Waals surface area contributed by atoms with Crippen LogP contribution in [0.1, 0.15) is 26.8 Å². The molecule has 0 spiro atoms. The van der Waals surface area contributed by atoms with E-state index in [1.165, 1.54) is 4.57 Å². The van der Waals surface area contributed by atoms with E-state index in [1.54, 1.807) is 13.0 Å². The lowest BCUT2D eigenvalue weighted by Crippen LogP contribution is -2.38. The number of aromatic nitrogens is 4. The predicted octanol–water partition coefficient (Wildman–Crippen LogP) is 0.389. The Labute approximate surface area is 112 Å². The van der Waals surface area contributed by atoms with Crippen molar-refractivity contribution in [2.75, 3.05) is 0 Å². The van der Waals surface area contributed by atoms with Gasteiger partial charge in [0.05, 0.1) is 10.7 Å². The fourth-order valence-electron chi connectivity index (χ4n) is 2.12. The van der Waals surface area contributed by atoms with Gasteiger partial charge in [0.15, 0.2) is 5.52 Å². The van der Waals surface area contributed by atoms with Crippen molar-refractivity contribution >= 4 is 11.2 Å². The average molecular weight is 275 g/mol. The summed E-state index contributed by atoms with van der Waals surface area (Å²) in [5.41, 5.74) is -1.24. The number of rotatable bonds is 2. The highest BCUT2D eigenvalue weighted by Gasteiger charge is 2.21. The molecule has 1 atom stereocenters. The summed E-state index contributed by atoms with van der Waals surface area (Å²) in [5.74, 6) is 0. The third-order valence-corrected chi connectivity index (χ3v) is 2.82. The number of nitrogens with one attached hydrogen (secondary N) is 2. The Morgan fingerprint density at radius 2 is 1.95 bits per heavy atom. The highest BCUT2D eigenvalue weighted by Crippen LogP contribution is 2.11. The largest absolute Gasteiger partial charge is 0.402 e. The zero-order valence-electron chi connectivity index (χ0n) is 11.2. The van der Waals surface area contributed by atoms with Crippen molar-refractivity contribution in [3.63, 3.8) is 0 Å². The smallest absolute Gasteiger partial charge is 0.300 e. The van der Waals surface area contributed by atoms with Crippen LogP contribution in [0.2, 0.25) is 0 Å². The molecule has 0 fully saturated rings. The highest BCUT2D eigenvalue weighted by molar-refractivity contribution is 5.69. The Morgan fingerprint density at radius 1 is 1.30 bits per heavy atom. The quantitative estimate of drug-likeness (QED) is 0.612. The van der Waals surface area contributed by atoms with Crippen LogP contribution in [-0.4, -0.2) is 19.2 Å². The lowest BCUT2D eigenvalue weighted by molar-refractivity contribution is 0.609. The molecule has 20 heavy (non-hydrogen) atoms. The van der Waals surface area contributed by atoms with Crippen molar-refractivity contribution in [2.45, 2.75) is 26.8 Å². The zero-order valence-corrected chi connectivity index (χ0v) is 11.2. The maximum absolute atomic E-state index is 12.2. The topological polar surface area (TPSA) is 97.0 Å². The highest BCUT2D eigenvalue weighted by atomic mass is 16.2. The monoisotopic (exact) mass is 275 g/mol. The summed E-state index contributed by atoms with van der Waals surface area (Å²) in [4.78, 5) is 43.2. The first-order valence-electron chi connectivity index (χ1n) is 5.89. The van der Waals surface area contributed by atoms with E-state index in [1.807, 2.05) is 13.8 Å². The molecule has 2 aromatic rings. The van der Waals surface area contributed by atoms with Crippen LogP contribution >= 0.6 is 0 Å². The number of allylic oxidation sites excluding steroid dienone is 2. The maximum Gasteiger partial charge on any atom is 0.402 e. The molecule has 2 heterocycles. The first-order chi connectivity index (χ1) is 9.36. The first kappa shape index (κ1) is 13.6. The lowest BCUT2D eigenvalue weighted by Gasteiger charge is -2.11. The Bertz CT molecular complexity index is 912. The molecule has 8 heteroatoms. The second-order valence-corrected chi connectivity index (χ2v) is 4.66. The van der Waals surface area contributed by atoms with Gasteiger partial charge in [0.1, 0.15) is 5.65 Å². The number of hydrogen-bond acceptors (Lipinski definition) is 3. The number of aromatic amines is 2. The van der Waals surface area contributed by atoms with E-state index < -0.39 is 23.0 Å². The van der Waals surface area contributed by atoms with Gasteiger partial charge in [-0.15, -0.1) is 4.95 Å².